The van der Waals surface area contributed by atoms with Gasteiger partial charge in [0.2, 0.25) is 0 Å². The van der Waals surface area contributed by atoms with Gasteiger partial charge < -0.3 is 0 Å². The van der Waals surface area contributed by atoms with Gasteiger partial charge >= 0.3 is 0 Å². The highest BCUT2D eigenvalue weighted by molar-refractivity contribution is 5.25. The van der Waals surface area contributed by atoms with Gasteiger partial charge in [-0.15, -0.1) is 0 Å². The van der Waals surface area contributed by atoms with Crippen molar-refractivity contribution < 1.29 is 0 Å². The molecule has 0 saturated carbocycles. The van der Waals surface area contributed by atoms with Crippen LogP contribution in [0, 0.1) is 0 Å². The molecule has 2 aliphatic rings. The summed E-state index contributed by atoms with van der Waals surface area (Å²) in [4.78, 5) is 4.58. The Labute approximate surface area is 103 Å². The van der Waals surface area contributed by atoms with Gasteiger partial charge in [-0.3, -0.25) is 4.98 Å². The van der Waals surface area contributed by atoms with Gasteiger partial charge in [0.05, 0.1) is 11.7 Å². The fourth-order valence-corrected chi connectivity index (χ4v) is 2.98. The minimum atomic E-state index is 0.443. The lowest BCUT2D eigenvalue weighted by Crippen LogP contribution is -2.44. The van der Waals surface area contributed by atoms with Crippen molar-refractivity contribution in [1.82, 2.24) is 15.4 Å². The zero-order chi connectivity index (χ0) is 11.5. The van der Waals surface area contributed by atoms with Crippen molar-refractivity contribution >= 4 is 0 Å². The molecule has 3 heteroatoms. The summed E-state index contributed by atoms with van der Waals surface area (Å²) in [6.07, 6.45) is 9.67. The first kappa shape index (κ1) is 11.2. The van der Waals surface area contributed by atoms with E-state index in [0.29, 0.717) is 6.04 Å². The van der Waals surface area contributed by atoms with Crippen LogP contribution < -0.4 is 5.43 Å². The average Bonchev–Trinajstić information content (AvgIpc) is 2.40. The van der Waals surface area contributed by atoms with Crippen molar-refractivity contribution in [2.45, 2.75) is 44.6 Å². The maximum Gasteiger partial charge on any atom is 0.0639 e. The predicted octanol–water partition coefficient (Wildman–Crippen LogP) is 2.45. The van der Waals surface area contributed by atoms with Crippen molar-refractivity contribution in [3.63, 3.8) is 0 Å². The third-order valence-corrected chi connectivity index (χ3v) is 3.89. The van der Waals surface area contributed by atoms with Gasteiger partial charge in [-0.05, 0) is 43.7 Å². The highest BCUT2D eigenvalue weighted by atomic mass is 15.5. The molecular weight excluding hydrogens is 210 g/mol. The highest BCUT2D eigenvalue weighted by Gasteiger charge is 2.23. The molecule has 1 fully saturated rings. The third-order valence-electron chi connectivity index (χ3n) is 3.89. The average molecular weight is 231 g/mol. The summed E-state index contributed by atoms with van der Waals surface area (Å²) >= 11 is 0. The number of aryl methyl sites for hydroxylation is 1. The van der Waals surface area contributed by atoms with Crippen LogP contribution in [-0.4, -0.2) is 23.1 Å². The standard InChI is InChI=1S/C14H21N3/c1-2-10-17(11-3-1)16-13-8-4-6-12-7-5-9-15-14(12)13/h5,7,9,13,16H,1-4,6,8,10-11H2. The summed E-state index contributed by atoms with van der Waals surface area (Å²) in [5.74, 6) is 0. The van der Waals surface area contributed by atoms with Crippen LogP contribution in [0.1, 0.15) is 49.4 Å². The SMILES string of the molecule is c1cnc2c(c1)CCCC2NN1CCCCC1. The molecule has 1 atom stereocenters. The molecule has 1 aliphatic heterocycles. The maximum atomic E-state index is 4.58. The molecule has 1 unspecified atom stereocenters. The smallest absolute Gasteiger partial charge is 0.0639 e. The van der Waals surface area contributed by atoms with Gasteiger partial charge in [-0.2, -0.15) is 0 Å². The molecule has 1 aromatic rings. The van der Waals surface area contributed by atoms with Gasteiger partial charge in [0, 0.05) is 19.3 Å². The summed E-state index contributed by atoms with van der Waals surface area (Å²) in [5.41, 5.74) is 6.40. The van der Waals surface area contributed by atoms with Crippen molar-refractivity contribution in [3.8, 4) is 0 Å². The molecule has 3 nitrogen and oxygen atoms in total. The van der Waals surface area contributed by atoms with E-state index in [1.165, 1.54) is 62.9 Å². The predicted molar refractivity (Wildman–Crippen MR) is 68.5 cm³/mol. The normalized spacial score (nSPS) is 25.5. The fraction of sp³-hybridized carbons (Fsp3) is 0.643. The van der Waals surface area contributed by atoms with E-state index in [4.69, 9.17) is 0 Å². The first-order chi connectivity index (χ1) is 8.43. The fourth-order valence-electron chi connectivity index (χ4n) is 2.98. The summed E-state index contributed by atoms with van der Waals surface area (Å²) in [5, 5.41) is 2.40. The monoisotopic (exact) mass is 231 g/mol. The molecule has 1 aromatic heterocycles. The second-order valence-electron chi connectivity index (χ2n) is 5.17. The molecule has 0 radical (unpaired) electrons. The quantitative estimate of drug-likeness (QED) is 0.847. The maximum absolute atomic E-state index is 4.58. The molecule has 1 saturated heterocycles. The number of hydrogen-bond acceptors (Lipinski definition) is 3. The van der Waals surface area contributed by atoms with Gasteiger partial charge in [0.15, 0.2) is 0 Å². The summed E-state index contributed by atoms with van der Waals surface area (Å²) in [7, 11) is 0. The Morgan fingerprint density at radius 1 is 1.18 bits per heavy atom. The van der Waals surface area contributed by atoms with Crippen LogP contribution in [0.2, 0.25) is 0 Å². The molecule has 92 valence electrons. The van der Waals surface area contributed by atoms with E-state index in [0.717, 1.165) is 0 Å². The van der Waals surface area contributed by atoms with Crippen LogP contribution >= 0.6 is 0 Å². The molecule has 0 spiro atoms. The second-order valence-corrected chi connectivity index (χ2v) is 5.17. The lowest BCUT2D eigenvalue weighted by Gasteiger charge is -2.33. The third kappa shape index (κ3) is 2.50. The van der Waals surface area contributed by atoms with Gasteiger partial charge in [0.1, 0.15) is 0 Å². The van der Waals surface area contributed by atoms with Crippen molar-refractivity contribution in [2.24, 2.45) is 0 Å². The molecular formula is C14H21N3. The van der Waals surface area contributed by atoms with Crippen LogP contribution in [0.4, 0.5) is 0 Å². The minimum Gasteiger partial charge on any atom is -0.259 e. The topological polar surface area (TPSA) is 28.2 Å². The number of piperidine rings is 1. The number of hydrogen-bond donors (Lipinski definition) is 1. The second kappa shape index (κ2) is 5.15. The Hall–Kier alpha value is -0.930. The Morgan fingerprint density at radius 2 is 2.06 bits per heavy atom. The first-order valence-corrected chi connectivity index (χ1v) is 6.88. The van der Waals surface area contributed by atoms with E-state index in [1.54, 1.807) is 0 Å². The summed E-state index contributed by atoms with van der Waals surface area (Å²) < 4.78 is 0. The van der Waals surface area contributed by atoms with Crippen LogP contribution in [0.15, 0.2) is 18.3 Å². The van der Waals surface area contributed by atoms with E-state index in [-0.39, 0.29) is 0 Å². The molecule has 0 aromatic carbocycles. The van der Waals surface area contributed by atoms with Crippen molar-refractivity contribution in [2.75, 3.05) is 13.1 Å². The van der Waals surface area contributed by atoms with E-state index in [9.17, 15) is 0 Å². The Kier molecular flexibility index (Phi) is 3.39. The van der Waals surface area contributed by atoms with E-state index < -0.39 is 0 Å². The number of fused-ring (bicyclic) bond motifs is 1. The Morgan fingerprint density at radius 3 is 2.94 bits per heavy atom. The first-order valence-electron chi connectivity index (χ1n) is 6.88. The zero-order valence-corrected chi connectivity index (χ0v) is 10.4. The van der Waals surface area contributed by atoms with Crippen molar-refractivity contribution in [3.05, 3.63) is 29.6 Å². The van der Waals surface area contributed by atoms with Crippen LogP contribution in [0.5, 0.6) is 0 Å². The lowest BCUT2D eigenvalue weighted by molar-refractivity contribution is 0.120. The molecule has 0 bridgehead atoms. The minimum absolute atomic E-state index is 0.443. The lowest BCUT2D eigenvalue weighted by atomic mass is 9.92. The number of nitrogens with zero attached hydrogens (tertiary/aromatic N) is 2. The Balaban J connectivity index is 1.71. The van der Waals surface area contributed by atoms with Crippen LogP contribution in [0.25, 0.3) is 0 Å². The van der Waals surface area contributed by atoms with Crippen LogP contribution in [0.3, 0.4) is 0 Å². The summed E-state index contributed by atoms with van der Waals surface area (Å²) in [6, 6.07) is 4.73. The van der Waals surface area contributed by atoms with Crippen molar-refractivity contribution in [1.29, 1.82) is 0 Å². The number of hydrazine groups is 1. The number of pyridine rings is 1. The van der Waals surface area contributed by atoms with Gasteiger partial charge in [-0.1, -0.05) is 12.5 Å². The molecule has 3 rings (SSSR count). The molecule has 17 heavy (non-hydrogen) atoms. The van der Waals surface area contributed by atoms with E-state index in [2.05, 4.69) is 27.6 Å². The number of aromatic nitrogens is 1. The highest BCUT2D eigenvalue weighted by Crippen LogP contribution is 2.28. The number of rotatable bonds is 2. The van der Waals surface area contributed by atoms with Gasteiger partial charge in [0.25, 0.3) is 0 Å². The van der Waals surface area contributed by atoms with E-state index in [1.807, 2.05) is 6.20 Å². The van der Waals surface area contributed by atoms with Crippen LogP contribution in [-0.2, 0) is 6.42 Å². The number of nitrogens with one attached hydrogen (secondary N) is 1. The molecule has 1 N–H and O–H groups in total. The molecule has 2 heterocycles. The van der Waals surface area contributed by atoms with Gasteiger partial charge in [-0.25, -0.2) is 10.4 Å². The zero-order valence-electron chi connectivity index (χ0n) is 10.4. The molecule has 1 aliphatic carbocycles. The van der Waals surface area contributed by atoms with E-state index >= 15 is 0 Å². The summed E-state index contributed by atoms with van der Waals surface area (Å²) in [6.45, 7) is 2.39. The Bertz CT molecular complexity index is 371. The molecule has 0 amide bonds. The largest absolute Gasteiger partial charge is 0.259 e.